The molecule has 21 heavy (non-hydrogen) atoms. The molecule has 0 aliphatic rings. The van der Waals surface area contributed by atoms with Crippen LogP contribution in [0.2, 0.25) is 0 Å². The lowest BCUT2D eigenvalue weighted by atomic mass is 10.3. The van der Waals surface area contributed by atoms with Crippen molar-refractivity contribution in [2.45, 2.75) is 6.61 Å². The molecule has 0 unspecified atom stereocenters. The van der Waals surface area contributed by atoms with Crippen molar-refractivity contribution in [1.29, 1.82) is 0 Å². The highest BCUT2D eigenvalue weighted by Gasteiger charge is 2.12. The summed E-state index contributed by atoms with van der Waals surface area (Å²) in [4.78, 5) is 15.1. The molecule has 0 aliphatic carbocycles. The highest BCUT2D eigenvalue weighted by Crippen LogP contribution is 2.21. The van der Waals surface area contributed by atoms with Gasteiger partial charge in [-0.1, -0.05) is 30.3 Å². The maximum atomic E-state index is 10.6. The predicted molar refractivity (Wildman–Crippen MR) is 78.4 cm³/mol. The van der Waals surface area contributed by atoms with E-state index in [0.717, 1.165) is 16.7 Å². The fourth-order valence-electron chi connectivity index (χ4n) is 2.27. The first-order valence-corrected chi connectivity index (χ1v) is 6.57. The molecule has 1 aromatic heterocycles. The van der Waals surface area contributed by atoms with Crippen molar-refractivity contribution in [2.24, 2.45) is 0 Å². The van der Waals surface area contributed by atoms with E-state index in [0.29, 0.717) is 5.82 Å². The van der Waals surface area contributed by atoms with Gasteiger partial charge in [0.1, 0.15) is 19.0 Å². The molecule has 0 saturated heterocycles. The zero-order valence-electron chi connectivity index (χ0n) is 11.3. The van der Waals surface area contributed by atoms with E-state index in [1.807, 2.05) is 59.2 Å². The number of ether oxygens (including phenoxy) is 1. The molecule has 1 heterocycles. The van der Waals surface area contributed by atoms with Gasteiger partial charge in [0.05, 0.1) is 11.0 Å². The van der Waals surface area contributed by atoms with Crippen molar-refractivity contribution in [3.8, 4) is 5.69 Å². The summed E-state index contributed by atoms with van der Waals surface area (Å²) in [6, 6.07) is 17.6. The summed E-state index contributed by atoms with van der Waals surface area (Å²) < 4.78 is 7.17. The second-order valence-corrected chi connectivity index (χ2v) is 4.57. The Labute approximate surface area is 121 Å². The van der Waals surface area contributed by atoms with Crippen LogP contribution in [0.25, 0.3) is 16.7 Å². The minimum atomic E-state index is -0.989. The molecule has 0 fully saturated rings. The molecule has 0 atom stereocenters. The van der Waals surface area contributed by atoms with E-state index in [1.54, 1.807) is 0 Å². The molecule has 2 aromatic carbocycles. The summed E-state index contributed by atoms with van der Waals surface area (Å²) in [7, 11) is 0. The average molecular weight is 282 g/mol. The minimum absolute atomic E-state index is 0.149. The summed E-state index contributed by atoms with van der Waals surface area (Å²) in [5.74, 6) is -0.305. The number of carboxylic acid groups (broad SMARTS) is 1. The molecule has 5 heteroatoms. The molecular formula is C16H14N2O3. The van der Waals surface area contributed by atoms with Crippen LogP contribution in [0.5, 0.6) is 0 Å². The number of carbonyl (C=O) groups is 1. The second kappa shape index (κ2) is 5.76. The van der Waals surface area contributed by atoms with Crippen LogP contribution in [0, 0.1) is 0 Å². The third kappa shape index (κ3) is 2.78. The number of benzene rings is 2. The minimum Gasteiger partial charge on any atom is -0.480 e. The first-order valence-electron chi connectivity index (χ1n) is 6.57. The van der Waals surface area contributed by atoms with Gasteiger partial charge in [0, 0.05) is 5.69 Å². The van der Waals surface area contributed by atoms with E-state index in [1.165, 1.54) is 0 Å². The Bertz CT molecular complexity index is 766. The number of hydrogen-bond acceptors (Lipinski definition) is 3. The van der Waals surface area contributed by atoms with E-state index in [9.17, 15) is 4.79 Å². The number of aliphatic carboxylic acids is 1. The maximum Gasteiger partial charge on any atom is 0.329 e. The zero-order valence-corrected chi connectivity index (χ0v) is 11.3. The number of rotatable bonds is 5. The predicted octanol–water partition coefficient (Wildman–Crippen LogP) is 2.63. The summed E-state index contributed by atoms with van der Waals surface area (Å²) >= 11 is 0. The highest BCUT2D eigenvalue weighted by atomic mass is 16.5. The molecule has 0 aliphatic heterocycles. The molecule has 3 rings (SSSR count). The summed E-state index contributed by atoms with van der Waals surface area (Å²) in [6.07, 6.45) is 0. The lowest BCUT2D eigenvalue weighted by Gasteiger charge is -2.09. The third-order valence-corrected chi connectivity index (χ3v) is 3.10. The molecule has 106 valence electrons. The van der Waals surface area contributed by atoms with Crippen molar-refractivity contribution in [1.82, 2.24) is 9.55 Å². The van der Waals surface area contributed by atoms with E-state index in [4.69, 9.17) is 9.84 Å². The smallest absolute Gasteiger partial charge is 0.329 e. The molecule has 1 N–H and O–H groups in total. The summed E-state index contributed by atoms with van der Waals surface area (Å²) in [5, 5.41) is 8.67. The van der Waals surface area contributed by atoms with Crippen molar-refractivity contribution in [3.05, 3.63) is 60.4 Å². The SMILES string of the molecule is O=C(O)COCc1nc2ccccc2n1-c1ccccc1. The van der Waals surface area contributed by atoms with E-state index >= 15 is 0 Å². The maximum absolute atomic E-state index is 10.6. The van der Waals surface area contributed by atoms with Gasteiger partial charge in [0.2, 0.25) is 0 Å². The number of aromatic nitrogens is 2. The highest BCUT2D eigenvalue weighted by molar-refractivity contribution is 5.78. The normalized spacial score (nSPS) is 10.9. The van der Waals surface area contributed by atoms with Crippen molar-refractivity contribution >= 4 is 17.0 Å². The summed E-state index contributed by atoms with van der Waals surface area (Å²) in [6.45, 7) is -0.187. The quantitative estimate of drug-likeness (QED) is 0.781. The molecule has 0 saturated carbocycles. The van der Waals surface area contributed by atoms with Gasteiger partial charge >= 0.3 is 5.97 Å². The fourth-order valence-corrected chi connectivity index (χ4v) is 2.27. The van der Waals surface area contributed by atoms with Gasteiger partial charge in [0.15, 0.2) is 0 Å². The Balaban J connectivity index is 2.04. The van der Waals surface area contributed by atoms with Crippen molar-refractivity contribution in [3.63, 3.8) is 0 Å². The van der Waals surface area contributed by atoms with Crippen LogP contribution in [0.3, 0.4) is 0 Å². The van der Waals surface area contributed by atoms with Gasteiger partial charge < -0.3 is 9.84 Å². The lowest BCUT2D eigenvalue weighted by Crippen LogP contribution is -2.09. The van der Waals surface area contributed by atoms with Crippen LogP contribution < -0.4 is 0 Å². The van der Waals surface area contributed by atoms with Gasteiger partial charge in [-0.3, -0.25) is 4.57 Å². The van der Waals surface area contributed by atoms with Gasteiger partial charge in [-0.25, -0.2) is 9.78 Å². The summed E-state index contributed by atoms with van der Waals surface area (Å²) in [5.41, 5.74) is 2.80. The van der Waals surface area contributed by atoms with Crippen LogP contribution in [0.15, 0.2) is 54.6 Å². The average Bonchev–Trinajstić information content (AvgIpc) is 2.86. The number of para-hydroxylation sites is 3. The first-order chi connectivity index (χ1) is 10.3. The van der Waals surface area contributed by atoms with E-state index in [-0.39, 0.29) is 13.2 Å². The van der Waals surface area contributed by atoms with Crippen LogP contribution >= 0.6 is 0 Å². The fraction of sp³-hybridized carbons (Fsp3) is 0.125. The Morgan fingerprint density at radius 1 is 1.10 bits per heavy atom. The molecule has 3 aromatic rings. The van der Waals surface area contributed by atoms with Crippen LogP contribution in [0.4, 0.5) is 0 Å². The number of hydrogen-bond donors (Lipinski definition) is 1. The van der Waals surface area contributed by atoms with Gasteiger partial charge in [-0.2, -0.15) is 0 Å². The van der Waals surface area contributed by atoms with Gasteiger partial charge in [-0.05, 0) is 24.3 Å². The Morgan fingerprint density at radius 2 is 1.81 bits per heavy atom. The second-order valence-electron chi connectivity index (χ2n) is 4.57. The van der Waals surface area contributed by atoms with Crippen LogP contribution in [0.1, 0.15) is 5.82 Å². The standard InChI is InChI=1S/C16H14N2O3/c19-16(20)11-21-10-15-17-13-8-4-5-9-14(13)18(15)12-6-2-1-3-7-12/h1-9H,10-11H2,(H,19,20). The molecule has 0 bridgehead atoms. The molecule has 0 amide bonds. The Morgan fingerprint density at radius 3 is 2.57 bits per heavy atom. The van der Waals surface area contributed by atoms with Gasteiger partial charge in [-0.15, -0.1) is 0 Å². The number of carboxylic acids is 1. The number of nitrogens with zero attached hydrogens (tertiary/aromatic N) is 2. The first kappa shape index (κ1) is 13.3. The van der Waals surface area contributed by atoms with Crippen molar-refractivity contribution < 1.29 is 14.6 Å². The zero-order chi connectivity index (χ0) is 14.7. The van der Waals surface area contributed by atoms with E-state index < -0.39 is 5.97 Å². The molecule has 0 spiro atoms. The number of fused-ring (bicyclic) bond motifs is 1. The third-order valence-electron chi connectivity index (χ3n) is 3.10. The van der Waals surface area contributed by atoms with Crippen molar-refractivity contribution in [2.75, 3.05) is 6.61 Å². The Kier molecular flexibility index (Phi) is 3.66. The van der Waals surface area contributed by atoms with Crippen LogP contribution in [-0.2, 0) is 16.1 Å². The molecule has 5 nitrogen and oxygen atoms in total. The Hall–Kier alpha value is -2.66. The molecular weight excluding hydrogens is 268 g/mol. The topological polar surface area (TPSA) is 64.3 Å². The molecule has 0 radical (unpaired) electrons. The van der Waals surface area contributed by atoms with E-state index in [2.05, 4.69) is 4.98 Å². The monoisotopic (exact) mass is 282 g/mol. The lowest BCUT2D eigenvalue weighted by molar-refractivity contribution is -0.142. The number of imidazole rings is 1. The van der Waals surface area contributed by atoms with Crippen LogP contribution in [-0.4, -0.2) is 27.2 Å². The van der Waals surface area contributed by atoms with Gasteiger partial charge in [0.25, 0.3) is 0 Å². The largest absolute Gasteiger partial charge is 0.480 e.